The van der Waals surface area contributed by atoms with E-state index in [2.05, 4.69) is 13.5 Å². The van der Waals surface area contributed by atoms with Crippen molar-refractivity contribution < 1.29 is 14.6 Å². The van der Waals surface area contributed by atoms with Gasteiger partial charge >= 0.3 is 5.97 Å². The molecule has 2 aliphatic carbocycles. The van der Waals surface area contributed by atoms with E-state index in [0.717, 1.165) is 31.3 Å². The summed E-state index contributed by atoms with van der Waals surface area (Å²) in [5, 5.41) is 10.6. The number of rotatable bonds is 0. The molecule has 3 heteroatoms. The van der Waals surface area contributed by atoms with Gasteiger partial charge in [0.25, 0.3) is 0 Å². The van der Waals surface area contributed by atoms with E-state index in [1.165, 1.54) is 5.57 Å². The van der Waals surface area contributed by atoms with Crippen molar-refractivity contribution in [3.8, 4) is 0 Å². The summed E-state index contributed by atoms with van der Waals surface area (Å²) in [7, 11) is 0. The van der Waals surface area contributed by atoms with Gasteiger partial charge in [-0.15, -0.1) is 0 Å². The van der Waals surface area contributed by atoms with Crippen molar-refractivity contribution in [2.24, 2.45) is 11.3 Å². The van der Waals surface area contributed by atoms with Crippen LogP contribution in [0.2, 0.25) is 0 Å². The highest BCUT2D eigenvalue weighted by Crippen LogP contribution is 2.58. The fourth-order valence-electron chi connectivity index (χ4n) is 4.08. The molecule has 0 unspecified atom stereocenters. The van der Waals surface area contributed by atoms with Crippen LogP contribution in [0, 0.1) is 11.3 Å². The zero-order chi connectivity index (χ0) is 13.1. The third-order valence-electron chi connectivity index (χ3n) is 5.12. The van der Waals surface area contributed by atoms with Crippen molar-refractivity contribution in [3.63, 3.8) is 0 Å². The van der Waals surface area contributed by atoms with Gasteiger partial charge in [0.05, 0.1) is 0 Å². The molecule has 3 nitrogen and oxygen atoms in total. The van der Waals surface area contributed by atoms with Gasteiger partial charge in [-0.05, 0) is 43.9 Å². The van der Waals surface area contributed by atoms with E-state index >= 15 is 0 Å². The van der Waals surface area contributed by atoms with Crippen LogP contribution in [0.15, 0.2) is 23.3 Å². The predicted octanol–water partition coefficient (Wildman–Crippen LogP) is 2.70. The van der Waals surface area contributed by atoms with E-state index in [4.69, 9.17) is 4.74 Å². The van der Waals surface area contributed by atoms with Crippen LogP contribution in [0.1, 0.15) is 46.0 Å². The Kier molecular flexibility index (Phi) is 2.31. The van der Waals surface area contributed by atoms with E-state index in [0.29, 0.717) is 17.9 Å². The largest absolute Gasteiger partial charge is 0.426 e. The minimum Gasteiger partial charge on any atom is -0.426 e. The Morgan fingerprint density at radius 3 is 2.94 bits per heavy atom. The maximum Gasteiger partial charge on any atom is 0.336 e. The fraction of sp³-hybridized carbons (Fsp3) is 0.667. The number of carbonyl (C=O) groups is 1. The molecule has 2 saturated carbocycles. The molecule has 2 fully saturated rings. The second-order valence-corrected chi connectivity index (χ2v) is 6.38. The summed E-state index contributed by atoms with van der Waals surface area (Å²) in [6.07, 6.45) is 4.50. The first kappa shape index (κ1) is 12.0. The lowest BCUT2D eigenvalue weighted by atomic mass is 9.56. The van der Waals surface area contributed by atoms with Gasteiger partial charge in [-0.25, -0.2) is 4.79 Å². The van der Waals surface area contributed by atoms with Gasteiger partial charge in [0.15, 0.2) is 0 Å². The highest BCUT2D eigenvalue weighted by atomic mass is 16.7. The maximum atomic E-state index is 11.7. The number of carbonyl (C=O) groups excluding carboxylic acids is 1. The van der Waals surface area contributed by atoms with Crippen molar-refractivity contribution in [1.82, 2.24) is 0 Å². The van der Waals surface area contributed by atoms with Crippen LogP contribution in [0.5, 0.6) is 0 Å². The zero-order valence-corrected chi connectivity index (χ0v) is 11.1. The first-order chi connectivity index (χ1) is 8.36. The number of aliphatic hydroxyl groups is 1. The second-order valence-electron chi connectivity index (χ2n) is 6.38. The fourth-order valence-corrected chi connectivity index (χ4v) is 4.08. The van der Waals surface area contributed by atoms with Crippen LogP contribution in [0.4, 0.5) is 0 Å². The minimum atomic E-state index is -1.34. The van der Waals surface area contributed by atoms with Crippen LogP contribution in [-0.2, 0) is 9.53 Å². The number of ether oxygens (including phenoxy) is 1. The van der Waals surface area contributed by atoms with Crippen LogP contribution < -0.4 is 0 Å². The Morgan fingerprint density at radius 2 is 2.22 bits per heavy atom. The Balaban J connectivity index is 2.04. The average Bonchev–Trinajstić information content (AvgIpc) is 2.46. The number of hydrogen-bond acceptors (Lipinski definition) is 3. The van der Waals surface area contributed by atoms with E-state index in [1.54, 1.807) is 6.92 Å². The van der Waals surface area contributed by atoms with Crippen molar-refractivity contribution in [2.45, 2.75) is 51.7 Å². The predicted molar refractivity (Wildman–Crippen MR) is 67.6 cm³/mol. The SMILES string of the molecule is C=C1CCC[C@@]2(C)C[C@@]3(O)OC(=O)C(C)=C3C[C@H]12. The molecule has 98 valence electrons. The normalized spacial score (nSPS) is 43.6. The molecule has 0 aromatic heterocycles. The van der Waals surface area contributed by atoms with Crippen LogP contribution in [0.3, 0.4) is 0 Å². The lowest BCUT2D eigenvalue weighted by Gasteiger charge is -2.50. The standard InChI is InChI=1S/C15H20O3/c1-9-5-4-6-14(3)8-15(17)12(7-11(9)14)10(2)13(16)18-15/h11,17H,1,4-8H2,2-3H3/t11-,14+,15-/m1/s1. The first-order valence-corrected chi connectivity index (χ1v) is 6.69. The molecule has 0 radical (unpaired) electrons. The third-order valence-corrected chi connectivity index (χ3v) is 5.12. The highest BCUT2D eigenvalue weighted by molar-refractivity contribution is 5.92. The Morgan fingerprint density at radius 1 is 1.50 bits per heavy atom. The molecule has 1 aliphatic heterocycles. The van der Waals surface area contributed by atoms with Crippen LogP contribution in [-0.4, -0.2) is 16.9 Å². The van der Waals surface area contributed by atoms with Crippen LogP contribution in [0.25, 0.3) is 0 Å². The number of fused-ring (bicyclic) bond motifs is 2. The molecule has 18 heavy (non-hydrogen) atoms. The van der Waals surface area contributed by atoms with Gasteiger partial charge < -0.3 is 9.84 Å². The van der Waals surface area contributed by atoms with Crippen molar-refractivity contribution >= 4 is 5.97 Å². The molecule has 0 amide bonds. The second kappa shape index (κ2) is 3.47. The lowest BCUT2D eigenvalue weighted by molar-refractivity contribution is -0.203. The van der Waals surface area contributed by atoms with Gasteiger partial charge in [-0.1, -0.05) is 19.1 Å². The summed E-state index contributed by atoms with van der Waals surface area (Å²) >= 11 is 0. The summed E-state index contributed by atoms with van der Waals surface area (Å²) in [5.41, 5.74) is 2.67. The molecule has 0 spiro atoms. The smallest absolute Gasteiger partial charge is 0.336 e. The van der Waals surface area contributed by atoms with Gasteiger partial charge in [-0.2, -0.15) is 0 Å². The molecule has 0 aromatic rings. The van der Waals surface area contributed by atoms with Gasteiger partial charge in [0.2, 0.25) is 5.79 Å². The zero-order valence-electron chi connectivity index (χ0n) is 11.1. The molecular weight excluding hydrogens is 228 g/mol. The third kappa shape index (κ3) is 1.43. The topological polar surface area (TPSA) is 46.5 Å². The quantitative estimate of drug-likeness (QED) is 0.529. The monoisotopic (exact) mass is 248 g/mol. The molecular formula is C15H20O3. The Bertz CT molecular complexity index is 476. The van der Waals surface area contributed by atoms with Crippen LogP contribution >= 0.6 is 0 Å². The molecule has 3 aliphatic rings. The summed E-state index contributed by atoms with van der Waals surface area (Å²) < 4.78 is 5.23. The molecule has 0 saturated heterocycles. The van der Waals surface area contributed by atoms with Crippen molar-refractivity contribution in [3.05, 3.63) is 23.3 Å². The van der Waals surface area contributed by atoms with E-state index in [1.807, 2.05) is 0 Å². The summed E-state index contributed by atoms with van der Waals surface area (Å²) in [4.78, 5) is 11.7. The summed E-state index contributed by atoms with van der Waals surface area (Å²) in [5.74, 6) is -1.32. The maximum absolute atomic E-state index is 11.7. The minimum absolute atomic E-state index is 0.0124. The van der Waals surface area contributed by atoms with Crippen molar-refractivity contribution in [1.29, 1.82) is 0 Å². The molecule has 0 bridgehead atoms. The molecule has 1 N–H and O–H groups in total. The van der Waals surface area contributed by atoms with Crippen molar-refractivity contribution in [2.75, 3.05) is 0 Å². The number of esters is 1. The Labute approximate surface area is 108 Å². The first-order valence-electron chi connectivity index (χ1n) is 6.69. The Hall–Kier alpha value is -1.09. The molecule has 3 rings (SSSR count). The molecule has 3 atom stereocenters. The average molecular weight is 248 g/mol. The summed E-state index contributed by atoms with van der Waals surface area (Å²) in [6.45, 7) is 8.14. The number of allylic oxidation sites excluding steroid dienone is 1. The summed E-state index contributed by atoms with van der Waals surface area (Å²) in [6, 6.07) is 0. The van der Waals surface area contributed by atoms with Gasteiger partial charge in [0.1, 0.15) is 0 Å². The number of hydrogen-bond donors (Lipinski definition) is 1. The van der Waals surface area contributed by atoms with E-state index in [9.17, 15) is 9.90 Å². The van der Waals surface area contributed by atoms with E-state index < -0.39 is 5.79 Å². The molecule has 0 aromatic carbocycles. The van der Waals surface area contributed by atoms with Gasteiger partial charge in [0, 0.05) is 17.6 Å². The van der Waals surface area contributed by atoms with Gasteiger partial charge in [-0.3, -0.25) is 0 Å². The van der Waals surface area contributed by atoms with E-state index in [-0.39, 0.29) is 11.4 Å². The molecule has 1 heterocycles. The highest BCUT2D eigenvalue weighted by Gasteiger charge is 2.56. The lowest BCUT2D eigenvalue weighted by Crippen LogP contribution is -2.48.